The molecule has 0 unspecified atom stereocenters. The van der Waals surface area contributed by atoms with Crippen LogP contribution < -0.4 is 0 Å². The van der Waals surface area contributed by atoms with Gasteiger partial charge in [0, 0.05) is 5.56 Å². The molecule has 0 aromatic heterocycles. The maximum Gasteiger partial charge on any atom is 0.228 e. The van der Waals surface area contributed by atoms with E-state index in [-0.39, 0.29) is 4.69 Å². The lowest BCUT2D eigenvalue weighted by Crippen LogP contribution is -1.89. The van der Waals surface area contributed by atoms with Gasteiger partial charge in [0.25, 0.3) is 0 Å². The van der Waals surface area contributed by atoms with E-state index in [1.54, 1.807) is 6.07 Å². The highest BCUT2D eigenvalue weighted by atomic mass is 79.9. The summed E-state index contributed by atoms with van der Waals surface area (Å²) in [7, 11) is 0. The quantitative estimate of drug-likeness (QED) is 0.690. The van der Waals surface area contributed by atoms with E-state index in [1.165, 1.54) is 5.56 Å². The van der Waals surface area contributed by atoms with E-state index in [4.69, 9.17) is 0 Å². The lowest BCUT2D eigenvalue weighted by molar-refractivity contribution is 0.109. The van der Waals surface area contributed by atoms with E-state index < -0.39 is 0 Å². The Morgan fingerprint density at radius 1 is 1.55 bits per heavy atom. The first-order valence-corrected chi connectivity index (χ1v) is 4.32. The molecule has 0 aliphatic heterocycles. The second-order valence-corrected chi connectivity index (χ2v) is 3.05. The van der Waals surface area contributed by atoms with E-state index in [9.17, 15) is 4.79 Å². The van der Waals surface area contributed by atoms with Gasteiger partial charge in [-0.1, -0.05) is 25.1 Å². The summed E-state index contributed by atoms with van der Waals surface area (Å²) in [4.78, 5) is 10.8. The van der Waals surface area contributed by atoms with E-state index in [2.05, 4.69) is 22.9 Å². The van der Waals surface area contributed by atoms with Crippen LogP contribution in [0.3, 0.4) is 0 Å². The van der Waals surface area contributed by atoms with Crippen LogP contribution in [0.25, 0.3) is 0 Å². The minimum atomic E-state index is -0.0483. The van der Waals surface area contributed by atoms with Gasteiger partial charge in [-0.05, 0) is 34.0 Å². The molecule has 1 aromatic rings. The molecule has 0 spiro atoms. The molecule has 1 aromatic carbocycles. The number of rotatable bonds is 2. The Balaban J connectivity index is 3.01. The summed E-state index contributed by atoms with van der Waals surface area (Å²) in [5.41, 5.74) is 1.92. The molecule has 0 saturated heterocycles. The number of carbonyl (C=O) groups is 1. The lowest BCUT2D eigenvalue weighted by Gasteiger charge is -1.97. The van der Waals surface area contributed by atoms with Crippen LogP contribution in [-0.4, -0.2) is 4.69 Å². The molecule has 0 atom stereocenters. The number of benzene rings is 1. The molecule has 0 fully saturated rings. The molecule has 0 aliphatic rings. The van der Waals surface area contributed by atoms with Crippen LogP contribution in [-0.2, 0) is 6.42 Å². The van der Waals surface area contributed by atoms with Crippen LogP contribution in [0.1, 0.15) is 22.8 Å². The molecule has 0 amide bonds. The Kier molecular flexibility index (Phi) is 2.83. The van der Waals surface area contributed by atoms with Crippen LogP contribution in [0.5, 0.6) is 0 Å². The van der Waals surface area contributed by atoms with Crippen molar-refractivity contribution >= 4 is 20.6 Å². The molecule has 1 rings (SSSR count). The average molecular weight is 213 g/mol. The van der Waals surface area contributed by atoms with Crippen LogP contribution in [0.4, 0.5) is 0 Å². The molecule has 2 heteroatoms. The number of carbonyl (C=O) groups excluding carboxylic acids is 1. The van der Waals surface area contributed by atoms with Crippen molar-refractivity contribution in [3.63, 3.8) is 0 Å². The first-order valence-electron chi connectivity index (χ1n) is 3.53. The third-order valence-electron chi connectivity index (χ3n) is 1.56. The van der Waals surface area contributed by atoms with E-state index >= 15 is 0 Å². The van der Waals surface area contributed by atoms with E-state index in [0.29, 0.717) is 0 Å². The van der Waals surface area contributed by atoms with E-state index in [1.807, 2.05) is 18.2 Å². The van der Waals surface area contributed by atoms with Crippen LogP contribution in [0.2, 0.25) is 0 Å². The van der Waals surface area contributed by atoms with Gasteiger partial charge < -0.3 is 0 Å². The Morgan fingerprint density at radius 3 is 2.82 bits per heavy atom. The number of halogens is 1. The highest BCUT2D eigenvalue weighted by molar-refractivity contribution is 9.18. The summed E-state index contributed by atoms with van der Waals surface area (Å²) < 4.78 is -0.0483. The molecule has 11 heavy (non-hydrogen) atoms. The molecule has 0 aliphatic carbocycles. The zero-order chi connectivity index (χ0) is 8.27. The van der Waals surface area contributed by atoms with Gasteiger partial charge in [0.05, 0.1) is 0 Å². The third-order valence-corrected chi connectivity index (χ3v) is 2.02. The molecule has 58 valence electrons. The van der Waals surface area contributed by atoms with Crippen molar-refractivity contribution in [3.05, 3.63) is 35.4 Å². The predicted octanol–water partition coefficient (Wildman–Crippen LogP) is 2.78. The second-order valence-electron chi connectivity index (χ2n) is 2.33. The minimum absolute atomic E-state index is 0.0483. The fourth-order valence-electron chi connectivity index (χ4n) is 0.914. The Hall–Kier alpha value is -0.630. The summed E-state index contributed by atoms with van der Waals surface area (Å²) in [5.74, 6) is 0. The largest absolute Gasteiger partial charge is 0.281 e. The maximum atomic E-state index is 10.8. The van der Waals surface area contributed by atoms with Gasteiger partial charge >= 0.3 is 0 Å². The summed E-state index contributed by atoms with van der Waals surface area (Å²) in [6.45, 7) is 2.07. The maximum absolute atomic E-state index is 10.8. The van der Waals surface area contributed by atoms with Crippen molar-refractivity contribution in [2.45, 2.75) is 13.3 Å². The first kappa shape index (κ1) is 8.47. The van der Waals surface area contributed by atoms with Crippen molar-refractivity contribution in [1.82, 2.24) is 0 Å². The second kappa shape index (κ2) is 3.67. The number of hydrogen-bond acceptors (Lipinski definition) is 1. The summed E-state index contributed by atoms with van der Waals surface area (Å²) in [6.07, 6.45) is 0.966. The van der Waals surface area contributed by atoms with Gasteiger partial charge in [-0.25, -0.2) is 0 Å². The van der Waals surface area contributed by atoms with Crippen molar-refractivity contribution in [2.75, 3.05) is 0 Å². The summed E-state index contributed by atoms with van der Waals surface area (Å²) in [5, 5.41) is 0. The summed E-state index contributed by atoms with van der Waals surface area (Å²) >= 11 is 2.91. The predicted molar refractivity (Wildman–Crippen MR) is 49.1 cm³/mol. The van der Waals surface area contributed by atoms with Gasteiger partial charge in [0.15, 0.2) is 0 Å². The smallest absolute Gasteiger partial charge is 0.228 e. The highest BCUT2D eigenvalue weighted by Crippen LogP contribution is 2.08. The highest BCUT2D eigenvalue weighted by Gasteiger charge is 1.99. The molecule has 0 bridgehead atoms. The number of hydrogen-bond donors (Lipinski definition) is 0. The van der Waals surface area contributed by atoms with Crippen LogP contribution in [0.15, 0.2) is 24.3 Å². The third kappa shape index (κ3) is 2.15. The standard InChI is InChI=1S/C9H9BrO/c1-2-7-4-3-5-8(6-7)9(10)11/h3-6H,2H2,1H3. The van der Waals surface area contributed by atoms with Crippen molar-refractivity contribution in [3.8, 4) is 0 Å². The van der Waals surface area contributed by atoms with Gasteiger partial charge in [-0.2, -0.15) is 0 Å². The molecule has 0 saturated carbocycles. The Bertz CT molecular complexity index is 268. The fraction of sp³-hybridized carbons (Fsp3) is 0.222. The summed E-state index contributed by atoms with van der Waals surface area (Å²) in [6, 6.07) is 7.61. The van der Waals surface area contributed by atoms with Crippen molar-refractivity contribution < 1.29 is 4.79 Å². The SMILES string of the molecule is CCc1cccc(C(=O)Br)c1. The van der Waals surface area contributed by atoms with Crippen LogP contribution in [0, 0.1) is 0 Å². The van der Waals surface area contributed by atoms with Gasteiger partial charge in [-0.15, -0.1) is 0 Å². The Morgan fingerprint density at radius 2 is 2.27 bits per heavy atom. The monoisotopic (exact) mass is 212 g/mol. The zero-order valence-electron chi connectivity index (χ0n) is 6.30. The zero-order valence-corrected chi connectivity index (χ0v) is 7.89. The fourth-order valence-corrected chi connectivity index (χ4v) is 1.16. The molecular weight excluding hydrogens is 204 g/mol. The first-order chi connectivity index (χ1) is 5.24. The van der Waals surface area contributed by atoms with Gasteiger partial charge in [0.2, 0.25) is 4.69 Å². The van der Waals surface area contributed by atoms with E-state index in [0.717, 1.165) is 12.0 Å². The normalized spacial score (nSPS) is 9.64. The van der Waals surface area contributed by atoms with Gasteiger partial charge in [-0.3, -0.25) is 4.79 Å². The Labute approximate surface area is 74.6 Å². The molecular formula is C9H9BrO. The molecule has 0 radical (unpaired) electrons. The van der Waals surface area contributed by atoms with Crippen LogP contribution >= 0.6 is 15.9 Å². The molecule has 0 heterocycles. The average Bonchev–Trinajstić information content (AvgIpc) is 2.05. The number of aryl methyl sites for hydroxylation is 1. The van der Waals surface area contributed by atoms with Crippen molar-refractivity contribution in [2.24, 2.45) is 0 Å². The minimum Gasteiger partial charge on any atom is -0.281 e. The molecule has 0 N–H and O–H groups in total. The van der Waals surface area contributed by atoms with Crippen molar-refractivity contribution in [1.29, 1.82) is 0 Å². The van der Waals surface area contributed by atoms with Gasteiger partial charge in [0.1, 0.15) is 0 Å². The lowest BCUT2D eigenvalue weighted by atomic mass is 10.1. The topological polar surface area (TPSA) is 17.1 Å². The molecule has 1 nitrogen and oxygen atoms in total.